The van der Waals surface area contributed by atoms with Crippen molar-refractivity contribution in [3.8, 4) is 0 Å². The lowest BCUT2D eigenvalue weighted by atomic mass is 10.1. The lowest BCUT2D eigenvalue weighted by Crippen LogP contribution is -2.41. The molecule has 0 bridgehead atoms. The second-order valence-corrected chi connectivity index (χ2v) is 6.34. The van der Waals surface area contributed by atoms with Crippen molar-refractivity contribution in [2.24, 2.45) is 5.92 Å². The van der Waals surface area contributed by atoms with E-state index in [1.165, 1.54) is 0 Å². The summed E-state index contributed by atoms with van der Waals surface area (Å²) >= 11 is 0. The van der Waals surface area contributed by atoms with E-state index >= 15 is 0 Å². The molecule has 9 heteroatoms. The number of aromatic nitrogens is 2. The number of nitrogens with zero attached hydrogens (tertiary/aromatic N) is 2. The van der Waals surface area contributed by atoms with Crippen LogP contribution in [0, 0.1) is 19.8 Å². The number of carbonyl (C=O) groups excluding carboxylic acids is 1. The molecule has 0 spiro atoms. The molecule has 1 aliphatic rings. The summed E-state index contributed by atoms with van der Waals surface area (Å²) in [5, 5.41) is 18.9. The highest BCUT2D eigenvalue weighted by atomic mass is 19.4. The standard InChI is InChI=1S/C15H23F3N4O2/c1-8(20-14(24)19-6-12(23)11-4-5-11)13-9(2)21-22(10(13)3)7-15(16,17)18/h8,11-12,23H,4-7H2,1-3H3,(H2,19,20,24). The van der Waals surface area contributed by atoms with E-state index in [9.17, 15) is 23.1 Å². The summed E-state index contributed by atoms with van der Waals surface area (Å²) in [6.45, 7) is 3.85. The molecule has 0 aliphatic heterocycles. The maximum Gasteiger partial charge on any atom is 0.408 e. The molecule has 1 fully saturated rings. The minimum atomic E-state index is -4.35. The Morgan fingerprint density at radius 3 is 2.58 bits per heavy atom. The van der Waals surface area contributed by atoms with Crippen LogP contribution in [0.15, 0.2) is 0 Å². The number of carbonyl (C=O) groups is 1. The molecule has 136 valence electrons. The van der Waals surface area contributed by atoms with Crippen molar-refractivity contribution in [3.63, 3.8) is 0 Å². The lowest BCUT2D eigenvalue weighted by molar-refractivity contribution is -0.143. The first-order chi connectivity index (χ1) is 11.1. The summed E-state index contributed by atoms with van der Waals surface area (Å²) in [7, 11) is 0. The Labute approximate surface area is 138 Å². The van der Waals surface area contributed by atoms with Gasteiger partial charge in [-0.15, -0.1) is 0 Å². The topological polar surface area (TPSA) is 79.2 Å². The third-order valence-corrected chi connectivity index (χ3v) is 4.19. The maximum atomic E-state index is 12.6. The number of nitrogens with one attached hydrogen (secondary N) is 2. The van der Waals surface area contributed by atoms with Gasteiger partial charge in [-0.2, -0.15) is 18.3 Å². The maximum absolute atomic E-state index is 12.6. The Morgan fingerprint density at radius 2 is 2.04 bits per heavy atom. The van der Waals surface area contributed by atoms with E-state index in [2.05, 4.69) is 15.7 Å². The Hall–Kier alpha value is -1.77. The molecule has 2 atom stereocenters. The van der Waals surface area contributed by atoms with Crippen LogP contribution in [0.4, 0.5) is 18.0 Å². The number of halogens is 3. The summed E-state index contributed by atoms with van der Waals surface area (Å²) in [5.74, 6) is 0.257. The zero-order chi connectivity index (χ0) is 18.1. The predicted molar refractivity (Wildman–Crippen MR) is 81.4 cm³/mol. The molecule has 6 nitrogen and oxygen atoms in total. The van der Waals surface area contributed by atoms with Crippen LogP contribution in [0.2, 0.25) is 0 Å². The summed E-state index contributed by atoms with van der Waals surface area (Å²) < 4.78 is 38.6. The van der Waals surface area contributed by atoms with Gasteiger partial charge in [0, 0.05) is 17.8 Å². The van der Waals surface area contributed by atoms with Crippen LogP contribution in [-0.4, -0.2) is 39.7 Å². The fraction of sp³-hybridized carbons (Fsp3) is 0.733. The number of hydrogen-bond donors (Lipinski definition) is 3. The molecule has 1 aromatic rings. The normalized spacial score (nSPS) is 17.5. The van der Waals surface area contributed by atoms with Crippen molar-refractivity contribution in [2.75, 3.05) is 6.54 Å². The molecule has 2 unspecified atom stereocenters. The average molecular weight is 348 g/mol. The number of rotatable bonds is 6. The molecular formula is C15H23F3N4O2. The number of urea groups is 1. The molecule has 0 saturated heterocycles. The highest BCUT2D eigenvalue weighted by molar-refractivity contribution is 5.74. The van der Waals surface area contributed by atoms with E-state index in [1.54, 1.807) is 20.8 Å². The van der Waals surface area contributed by atoms with Crippen LogP contribution in [0.5, 0.6) is 0 Å². The van der Waals surface area contributed by atoms with Crippen LogP contribution >= 0.6 is 0 Å². The molecule has 0 aromatic carbocycles. The molecule has 1 saturated carbocycles. The van der Waals surface area contributed by atoms with Gasteiger partial charge in [0.25, 0.3) is 0 Å². The summed E-state index contributed by atoms with van der Waals surface area (Å²) in [6, 6.07) is -0.963. The van der Waals surface area contributed by atoms with E-state index in [0.29, 0.717) is 17.0 Å². The molecule has 2 amide bonds. The van der Waals surface area contributed by atoms with Crippen LogP contribution in [0.1, 0.15) is 42.8 Å². The van der Waals surface area contributed by atoms with Gasteiger partial charge in [0.15, 0.2) is 0 Å². The number of aliphatic hydroxyl groups excluding tert-OH is 1. The smallest absolute Gasteiger partial charge is 0.391 e. The van der Waals surface area contributed by atoms with Crippen molar-refractivity contribution in [2.45, 2.75) is 58.5 Å². The van der Waals surface area contributed by atoms with Crippen molar-refractivity contribution in [1.82, 2.24) is 20.4 Å². The fourth-order valence-electron chi connectivity index (χ4n) is 2.83. The van der Waals surface area contributed by atoms with Crippen molar-refractivity contribution >= 4 is 6.03 Å². The van der Waals surface area contributed by atoms with E-state index in [0.717, 1.165) is 17.5 Å². The number of aliphatic hydroxyl groups is 1. The fourth-order valence-corrected chi connectivity index (χ4v) is 2.83. The lowest BCUT2D eigenvalue weighted by Gasteiger charge is -2.17. The molecule has 1 aliphatic carbocycles. The monoisotopic (exact) mass is 348 g/mol. The van der Waals surface area contributed by atoms with Crippen LogP contribution in [-0.2, 0) is 6.54 Å². The van der Waals surface area contributed by atoms with Crippen molar-refractivity contribution in [3.05, 3.63) is 17.0 Å². The molecular weight excluding hydrogens is 325 g/mol. The first kappa shape index (κ1) is 18.6. The van der Waals surface area contributed by atoms with Gasteiger partial charge in [-0.3, -0.25) is 4.68 Å². The number of aryl methyl sites for hydroxylation is 1. The summed E-state index contributed by atoms with van der Waals surface area (Å²) in [5.41, 5.74) is 1.38. The first-order valence-electron chi connectivity index (χ1n) is 7.91. The van der Waals surface area contributed by atoms with Gasteiger partial charge in [-0.1, -0.05) is 0 Å². The van der Waals surface area contributed by atoms with Gasteiger partial charge in [-0.05, 0) is 39.5 Å². The van der Waals surface area contributed by atoms with E-state index < -0.39 is 30.9 Å². The Morgan fingerprint density at radius 1 is 1.42 bits per heavy atom. The van der Waals surface area contributed by atoms with Crippen molar-refractivity contribution in [1.29, 1.82) is 0 Å². The Bertz CT molecular complexity index is 596. The predicted octanol–water partition coefficient (Wildman–Crippen LogP) is 2.19. The third kappa shape index (κ3) is 4.86. The van der Waals surface area contributed by atoms with Crippen LogP contribution in [0.25, 0.3) is 0 Å². The van der Waals surface area contributed by atoms with Gasteiger partial charge in [-0.25, -0.2) is 4.79 Å². The molecule has 3 N–H and O–H groups in total. The quantitative estimate of drug-likeness (QED) is 0.737. The van der Waals surface area contributed by atoms with Crippen LogP contribution < -0.4 is 10.6 Å². The van der Waals surface area contributed by atoms with Gasteiger partial charge in [0.1, 0.15) is 6.54 Å². The Kier molecular flexibility index (Phi) is 5.42. The third-order valence-electron chi connectivity index (χ3n) is 4.19. The second kappa shape index (κ2) is 7.00. The minimum Gasteiger partial charge on any atom is -0.391 e. The number of hydrogen-bond acceptors (Lipinski definition) is 3. The molecule has 1 aromatic heterocycles. The van der Waals surface area contributed by atoms with Gasteiger partial charge in [0.2, 0.25) is 0 Å². The minimum absolute atomic E-state index is 0.161. The highest BCUT2D eigenvalue weighted by Gasteiger charge is 2.31. The zero-order valence-electron chi connectivity index (χ0n) is 13.9. The van der Waals surface area contributed by atoms with Gasteiger partial charge >= 0.3 is 12.2 Å². The summed E-state index contributed by atoms with van der Waals surface area (Å²) in [4.78, 5) is 11.9. The van der Waals surface area contributed by atoms with E-state index in [4.69, 9.17) is 0 Å². The number of amides is 2. The molecule has 24 heavy (non-hydrogen) atoms. The van der Waals surface area contributed by atoms with Crippen LogP contribution in [0.3, 0.4) is 0 Å². The van der Waals surface area contributed by atoms with Crippen molar-refractivity contribution < 1.29 is 23.1 Å². The largest absolute Gasteiger partial charge is 0.408 e. The zero-order valence-corrected chi connectivity index (χ0v) is 13.9. The molecule has 2 rings (SSSR count). The van der Waals surface area contributed by atoms with E-state index in [1.807, 2.05) is 0 Å². The average Bonchev–Trinajstić information content (AvgIpc) is 3.23. The second-order valence-electron chi connectivity index (χ2n) is 6.34. The van der Waals surface area contributed by atoms with Gasteiger partial charge < -0.3 is 15.7 Å². The summed E-state index contributed by atoms with van der Waals surface area (Å²) in [6.07, 6.45) is -2.97. The Balaban J connectivity index is 1.95. The molecule has 1 heterocycles. The highest BCUT2D eigenvalue weighted by Crippen LogP contribution is 2.32. The SMILES string of the molecule is Cc1nn(CC(F)(F)F)c(C)c1C(C)NC(=O)NCC(O)C1CC1. The molecule has 0 radical (unpaired) electrons. The van der Waals surface area contributed by atoms with Gasteiger partial charge in [0.05, 0.1) is 17.8 Å². The van der Waals surface area contributed by atoms with E-state index in [-0.39, 0.29) is 12.5 Å². The number of alkyl halides is 3. The first-order valence-corrected chi connectivity index (χ1v) is 7.91.